The topological polar surface area (TPSA) is 120 Å². The average Bonchev–Trinajstić information content (AvgIpc) is 3.07. The first-order valence-corrected chi connectivity index (χ1v) is 8.52. The Labute approximate surface area is 150 Å². The van der Waals surface area contributed by atoms with Crippen LogP contribution in [0.2, 0.25) is 0 Å². The van der Waals surface area contributed by atoms with Gasteiger partial charge in [0.15, 0.2) is 5.82 Å². The van der Waals surface area contributed by atoms with E-state index in [0.29, 0.717) is 5.75 Å². The van der Waals surface area contributed by atoms with Crippen LogP contribution in [0.3, 0.4) is 0 Å². The molecule has 0 unspecified atom stereocenters. The number of hydrogen-bond donors (Lipinski definition) is 1. The van der Waals surface area contributed by atoms with Crippen molar-refractivity contribution in [2.75, 3.05) is 7.11 Å². The van der Waals surface area contributed by atoms with Crippen LogP contribution in [0, 0.1) is 0 Å². The molecular formula is C14H10F3N5O4S. The lowest BCUT2D eigenvalue weighted by atomic mass is 10.2. The van der Waals surface area contributed by atoms with Gasteiger partial charge in [0.05, 0.1) is 19.5 Å². The minimum absolute atomic E-state index is 0.218. The number of alkyl halides is 3. The first kappa shape index (κ1) is 18.7. The van der Waals surface area contributed by atoms with Gasteiger partial charge in [0.2, 0.25) is 0 Å². The first-order valence-electron chi connectivity index (χ1n) is 7.08. The third kappa shape index (κ3) is 3.88. The molecule has 0 radical (unpaired) electrons. The summed E-state index contributed by atoms with van der Waals surface area (Å²) >= 11 is 0. The summed E-state index contributed by atoms with van der Waals surface area (Å²) < 4.78 is 75.9. The Balaban J connectivity index is 2.14. The molecule has 0 atom stereocenters. The Morgan fingerprint density at radius 3 is 2.19 bits per heavy atom. The highest BCUT2D eigenvalue weighted by molar-refractivity contribution is 7.85. The van der Waals surface area contributed by atoms with Crippen molar-refractivity contribution in [2.45, 2.75) is 11.1 Å². The molecule has 0 bridgehead atoms. The molecule has 0 aliphatic carbocycles. The molecule has 0 spiro atoms. The maximum Gasteiger partial charge on any atom is 0.453 e. The van der Waals surface area contributed by atoms with Gasteiger partial charge in [-0.25, -0.2) is 15.0 Å². The highest BCUT2D eigenvalue weighted by Crippen LogP contribution is 2.30. The molecule has 0 fully saturated rings. The Hall–Kier alpha value is -3.06. The van der Waals surface area contributed by atoms with Crippen molar-refractivity contribution in [1.29, 1.82) is 0 Å². The molecule has 3 rings (SSSR count). The van der Waals surface area contributed by atoms with Gasteiger partial charge in [0, 0.05) is 5.56 Å². The number of rotatable bonds is 4. The lowest BCUT2D eigenvalue weighted by molar-refractivity contribution is -0.144. The van der Waals surface area contributed by atoms with E-state index < -0.39 is 27.0 Å². The van der Waals surface area contributed by atoms with E-state index in [0.717, 1.165) is 17.1 Å². The SMILES string of the molecule is COc1ccc(-c2nc(C(F)(F)F)nn2-c2ncc(S(=O)(=O)O)cn2)cc1. The third-order valence-electron chi connectivity index (χ3n) is 3.31. The maximum absolute atomic E-state index is 13.0. The fourth-order valence-corrected chi connectivity index (χ4v) is 2.42. The molecule has 0 saturated carbocycles. The van der Waals surface area contributed by atoms with Gasteiger partial charge in [-0.1, -0.05) is 0 Å². The fourth-order valence-electron chi connectivity index (χ4n) is 2.05. The summed E-state index contributed by atoms with van der Waals surface area (Å²) in [4.78, 5) is 10.2. The first-order chi connectivity index (χ1) is 12.6. The van der Waals surface area contributed by atoms with Crippen LogP contribution in [-0.4, -0.2) is 44.8 Å². The highest BCUT2D eigenvalue weighted by Gasteiger charge is 2.37. The molecule has 3 aromatic rings. The van der Waals surface area contributed by atoms with Gasteiger partial charge in [-0.15, -0.1) is 5.10 Å². The minimum atomic E-state index is -4.82. The second-order valence-corrected chi connectivity index (χ2v) is 6.51. The fraction of sp³-hybridized carbons (Fsp3) is 0.143. The number of halogens is 3. The molecule has 1 N–H and O–H groups in total. The van der Waals surface area contributed by atoms with Gasteiger partial charge < -0.3 is 4.74 Å². The van der Waals surface area contributed by atoms with Crippen molar-refractivity contribution >= 4 is 10.1 Å². The Bertz CT molecular complexity index is 1060. The zero-order valence-corrected chi connectivity index (χ0v) is 14.2. The van der Waals surface area contributed by atoms with Gasteiger partial charge in [-0.05, 0) is 24.3 Å². The van der Waals surface area contributed by atoms with Crippen LogP contribution in [0.25, 0.3) is 17.3 Å². The molecule has 9 nitrogen and oxygen atoms in total. The molecule has 0 saturated heterocycles. The van der Waals surface area contributed by atoms with Crippen LogP contribution in [-0.2, 0) is 16.3 Å². The van der Waals surface area contributed by atoms with E-state index in [1.165, 1.54) is 31.4 Å². The van der Waals surface area contributed by atoms with E-state index in [1.54, 1.807) is 0 Å². The van der Waals surface area contributed by atoms with Crippen molar-refractivity contribution in [1.82, 2.24) is 24.7 Å². The number of ether oxygens (including phenoxy) is 1. The molecule has 27 heavy (non-hydrogen) atoms. The number of methoxy groups -OCH3 is 1. The molecule has 0 aliphatic heterocycles. The summed E-state index contributed by atoms with van der Waals surface area (Å²) in [7, 11) is -3.12. The van der Waals surface area contributed by atoms with Gasteiger partial charge in [-0.2, -0.15) is 26.3 Å². The normalized spacial score (nSPS) is 12.2. The predicted molar refractivity (Wildman–Crippen MR) is 83.8 cm³/mol. The van der Waals surface area contributed by atoms with Crippen LogP contribution in [0.5, 0.6) is 5.75 Å². The van der Waals surface area contributed by atoms with Crippen molar-refractivity contribution in [3.8, 4) is 23.1 Å². The molecule has 0 aliphatic rings. The van der Waals surface area contributed by atoms with Crippen LogP contribution >= 0.6 is 0 Å². The zero-order chi connectivity index (χ0) is 19.8. The molecule has 2 aromatic heterocycles. The minimum Gasteiger partial charge on any atom is -0.497 e. The van der Waals surface area contributed by atoms with Crippen molar-refractivity contribution in [2.24, 2.45) is 0 Å². The Morgan fingerprint density at radius 2 is 1.70 bits per heavy atom. The quantitative estimate of drug-likeness (QED) is 0.659. The van der Waals surface area contributed by atoms with Crippen LogP contribution < -0.4 is 4.74 Å². The van der Waals surface area contributed by atoms with Gasteiger partial charge in [0.1, 0.15) is 10.6 Å². The van der Waals surface area contributed by atoms with Crippen LogP contribution in [0.4, 0.5) is 13.2 Å². The second-order valence-electron chi connectivity index (χ2n) is 5.09. The lowest BCUT2D eigenvalue weighted by Crippen LogP contribution is -2.10. The summed E-state index contributed by atoms with van der Waals surface area (Å²) in [5.41, 5.74) is 0.265. The number of nitrogens with zero attached hydrogens (tertiary/aromatic N) is 5. The Morgan fingerprint density at radius 1 is 1.11 bits per heavy atom. The lowest BCUT2D eigenvalue weighted by Gasteiger charge is -2.05. The summed E-state index contributed by atoms with van der Waals surface area (Å²) in [6, 6.07) is 5.96. The largest absolute Gasteiger partial charge is 0.497 e. The van der Waals surface area contributed by atoms with Crippen molar-refractivity contribution in [3.63, 3.8) is 0 Å². The maximum atomic E-state index is 13.0. The molecular weight excluding hydrogens is 391 g/mol. The van der Waals surface area contributed by atoms with E-state index in [-0.39, 0.29) is 17.3 Å². The van der Waals surface area contributed by atoms with E-state index in [2.05, 4.69) is 20.1 Å². The van der Waals surface area contributed by atoms with E-state index in [9.17, 15) is 21.6 Å². The summed E-state index contributed by atoms with van der Waals surface area (Å²) in [6.45, 7) is 0. The number of hydrogen-bond acceptors (Lipinski definition) is 7. The Kier molecular flexibility index (Phi) is 4.57. The van der Waals surface area contributed by atoms with E-state index in [1.807, 2.05) is 0 Å². The van der Waals surface area contributed by atoms with Crippen molar-refractivity contribution in [3.05, 3.63) is 42.5 Å². The zero-order valence-electron chi connectivity index (χ0n) is 13.4. The summed E-state index contributed by atoms with van der Waals surface area (Å²) in [5, 5.41) is 3.37. The molecule has 2 heterocycles. The number of benzene rings is 1. The van der Waals surface area contributed by atoms with E-state index in [4.69, 9.17) is 9.29 Å². The summed E-state index contributed by atoms with van der Waals surface area (Å²) in [5.74, 6) is -1.52. The standard InChI is InChI=1S/C14H10F3N5O4S/c1-26-9-4-2-8(3-5-9)11-20-12(14(15,16)17)21-22(11)13-18-6-10(7-19-13)27(23,24)25/h2-7H,1H3,(H,23,24,25). The van der Waals surface area contributed by atoms with E-state index >= 15 is 0 Å². The molecule has 13 heteroatoms. The highest BCUT2D eigenvalue weighted by atomic mass is 32.2. The van der Waals surface area contributed by atoms with Gasteiger partial charge in [0.25, 0.3) is 21.9 Å². The summed E-state index contributed by atoms with van der Waals surface area (Å²) in [6.07, 6.45) is -3.34. The van der Waals surface area contributed by atoms with Gasteiger partial charge in [-0.3, -0.25) is 4.55 Å². The van der Waals surface area contributed by atoms with Crippen molar-refractivity contribution < 1.29 is 30.9 Å². The third-order valence-corrected chi connectivity index (χ3v) is 4.12. The smallest absolute Gasteiger partial charge is 0.453 e. The van der Waals surface area contributed by atoms with Gasteiger partial charge >= 0.3 is 6.18 Å². The van der Waals surface area contributed by atoms with Crippen LogP contribution in [0.1, 0.15) is 5.82 Å². The average molecular weight is 401 g/mol. The molecule has 0 amide bonds. The second kappa shape index (κ2) is 6.59. The molecule has 1 aromatic carbocycles. The predicted octanol–water partition coefficient (Wildman–Crippen LogP) is 2.00. The van der Waals surface area contributed by atoms with Crippen LogP contribution in [0.15, 0.2) is 41.6 Å². The number of aromatic nitrogens is 5. The molecule has 142 valence electrons. The monoisotopic (exact) mass is 401 g/mol.